The van der Waals surface area contributed by atoms with Crippen molar-refractivity contribution in [2.45, 2.75) is 38.8 Å². The zero-order valence-electron chi connectivity index (χ0n) is 15.7. The number of nitrogens with one attached hydrogen (secondary N) is 1. The Bertz CT molecular complexity index is 591. The van der Waals surface area contributed by atoms with E-state index in [2.05, 4.69) is 11.9 Å². The second kappa shape index (κ2) is 10.3. The Kier molecular flexibility index (Phi) is 8.48. The van der Waals surface area contributed by atoms with Crippen molar-refractivity contribution < 1.29 is 28.5 Å². The summed E-state index contributed by atoms with van der Waals surface area (Å²) in [6.07, 6.45) is 0.957. The van der Waals surface area contributed by atoms with Gasteiger partial charge < -0.3 is 24.3 Å². The van der Waals surface area contributed by atoms with Crippen LogP contribution in [-0.2, 0) is 25.4 Å². The molecule has 0 aromatic heterocycles. The molecule has 1 N–H and O–H groups in total. The van der Waals surface area contributed by atoms with Gasteiger partial charge in [0.15, 0.2) is 0 Å². The van der Waals surface area contributed by atoms with E-state index in [1.54, 1.807) is 32.9 Å². The monoisotopic (exact) mass is 365 g/mol. The van der Waals surface area contributed by atoms with Crippen molar-refractivity contribution in [3.63, 3.8) is 0 Å². The number of methoxy groups -OCH3 is 1. The van der Waals surface area contributed by atoms with E-state index in [0.717, 1.165) is 5.56 Å². The molecule has 0 aliphatic heterocycles. The van der Waals surface area contributed by atoms with Crippen LogP contribution in [0.5, 0.6) is 5.75 Å². The molecule has 7 heteroatoms. The predicted octanol–water partition coefficient (Wildman–Crippen LogP) is 2.83. The van der Waals surface area contributed by atoms with Crippen LogP contribution in [0.15, 0.2) is 37.1 Å². The molecule has 0 aliphatic carbocycles. The van der Waals surface area contributed by atoms with Crippen LogP contribution in [0.1, 0.15) is 26.3 Å². The molecule has 1 aromatic carbocycles. The first-order chi connectivity index (χ1) is 12.2. The zero-order chi connectivity index (χ0) is 19.6. The summed E-state index contributed by atoms with van der Waals surface area (Å²) >= 11 is 0. The molecule has 0 bridgehead atoms. The lowest BCUT2D eigenvalue weighted by atomic mass is 10.1. The highest BCUT2D eigenvalue weighted by atomic mass is 16.6. The third-order valence-corrected chi connectivity index (χ3v) is 3.13. The first-order valence-corrected chi connectivity index (χ1v) is 8.26. The molecule has 0 unspecified atom stereocenters. The normalized spacial score (nSPS) is 11.8. The minimum absolute atomic E-state index is 0.270. The number of hydrogen-bond acceptors (Lipinski definition) is 6. The average molecular weight is 365 g/mol. The summed E-state index contributed by atoms with van der Waals surface area (Å²) in [5, 5.41) is 2.54. The lowest BCUT2D eigenvalue weighted by molar-refractivity contribution is -0.143. The third kappa shape index (κ3) is 8.41. The van der Waals surface area contributed by atoms with Crippen molar-refractivity contribution in [1.29, 1.82) is 0 Å². The van der Waals surface area contributed by atoms with Gasteiger partial charge in [0.25, 0.3) is 0 Å². The Morgan fingerprint density at radius 1 is 1.19 bits per heavy atom. The molecular weight excluding hydrogens is 338 g/mol. The van der Waals surface area contributed by atoms with E-state index >= 15 is 0 Å². The van der Waals surface area contributed by atoms with Crippen molar-refractivity contribution in [2.75, 3.05) is 20.3 Å². The van der Waals surface area contributed by atoms with Gasteiger partial charge in [0.1, 0.15) is 30.6 Å². The Balaban J connectivity index is 2.65. The molecule has 0 heterocycles. The number of amides is 1. The van der Waals surface area contributed by atoms with Crippen molar-refractivity contribution in [3.05, 3.63) is 42.7 Å². The molecule has 1 atom stereocenters. The number of esters is 1. The molecule has 144 valence electrons. The maximum Gasteiger partial charge on any atom is 0.408 e. The molecule has 0 saturated heterocycles. The number of benzene rings is 1. The topological polar surface area (TPSA) is 83.1 Å². The number of rotatable bonds is 9. The van der Waals surface area contributed by atoms with E-state index in [4.69, 9.17) is 18.9 Å². The molecule has 0 fully saturated rings. The summed E-state index contributed by atoms with van der Waals surface area (Å²) in [6.45, 7) is 9.51. The molecule has 0 aliphatic rings. The second-order valence-electron chi connectivity index (χ2n) is 6.46. The minimum atomic E-state index is -0.845. The second-order valence-corrected chi connectivity index (χ2v) is 6.46. The number of carbonyl (C=O) groups excluding carboxylic acids is 2. The van der Waals surface area contributed by atoms with Crippen LogP contribution < -0.4 is 10.1 Å². The Labute approximate surface area is 154 Å². The molecule has 1 rings (SSSR count). The highest BCUT2D eigenvalue weighted by molar-refractivity contribution is 5.81. The van der Waals surface area contributed by atoms with Crippen LogP contribution >= 0.6 is 0 Å². The first-order valence-electron chi connectivity index (χ1n) is 8.26. The summed E-state index contributed by atoms with van der Waals surface area (Å²) in [6, 6.07) is 6.35. The number of hydrogen-bond donors (Lipinski definition) is 1. The fourth-order valence-electron chi connectivity index (χ4n) is 2.03. The van der Waals surface area contributed by atoms with Gasteiger partial charge in [-0.3, -0.25) is 0 Å². The van der Waals surface area contributed by atoms with Gasteiger partial charge >= 0.3 is 12.1 Å². The van der Waals surface area contributed by atoms with Crippen LogP contribution in [-0.4, -0.2) is 44.0 Å². The van der Waals surface area contributed by atoms with Crippen LogP contribution in [0, 0.1) is 0 Å². The standard InChI is InChI=1S/C19H27NO6/c1-6-24-11-12-25-15-9-7-14(8-10-15)13-16(17(21)23-5)20-18(22)26-19(2,3)4/h6-10,16H,1,11-13H2,2-5H3,(H,20,22)/t16-/m0/s1. The van der Waals surface area contributed by atoms with E-state index in [0.29, 0.717) is 19.0 Å². The summed E-state index contributed by atoms with van der Waals surface area (Å²) < 4.78 is 20.4. The Morgan fingerprint density at radius 2 is 1.85 bits per heavy atom. The molecule has 0 radical (unpaired) electrons. The minimum Gasteiger partial charge on any atom is -0.498 e. The first kappa shape index (κ1) is 21.3. The summed E-state index contributed by atoms with van der Waals surface area (Å²) in [7, 11) is 1.27. The van der Waals surface area contributed by atoms with Crippen molar-refractivity contribution in [2.24, 2.45) is 0 Å². The molecule has 1 amide bonds. The van der Waals surface area contributed by atoms with Gasteiger partial charge in [0.2, 0.25) is 0 Å². The molecule has 7 nitrogen and oxygen atoms in total. The van der Waals surface area contributed by atoms with E-state index in [9.17, 15) is 9.59 Å². The fourth-order valence-corrected chi connectivity index (χ4v) is 2.03. The smallest absolute Gasteiger partial charge is 0.408 e. The summed E-state index contributed by atoms with van der Waals surface area (Å²) in [4.78, 5) is 23.9. The van der Waals surface area contributed by atoms with Gasteiger partial charge in [-0.25, -0.2) is 9.59 Å². The van der Waals surface area contributed by atoms with Crippen molar-refractivity contribution in [3.8, 4) is 5.75 Å². The summed E-state index contributed by atoms with van der Waals surface area (Å²) in [5.41, 5.74) is 0.185. The molecule has 1 aromatic rings. The SMILES string of the molecule is C=COCCOc1ccc(C[C@H](NC(=O)OC(C)(C)C)C(=O)OC)cc1. The van der Waals surface area contributed by atoms with Gasteiger partial charge in [-0.1, -0.05) is 18.7 Å². The highest BCUT2D eigenvalue weighted by Crippen LogP contribution is 2.14. The number of alkyl carbamates (subject to hydrolysis) is 1. The van der Waals surface area contributed by atoms with Gasteiger partial charge in [0.05, 0.1) is 13.4 Å². The number of carbonyl (C=O) groups is 2. The lowest BCUT2D eigenvalue weighted by Gasteiger charge is -2.22. The Hall–Kier alpha value is -2.70. The highest BCUT2D eigenvalue weighted by Gasteiger charge is 2.25. The van der Waals surface area contributed by atoms with E-state index in [1.165, 1.54) is 13.4 Å². The molecule has 0 saturated carbocycles. The molecule has 26 heavy (non-hydrogen) atoms. The molecular formula is C19H27NO6. The van der Waals surface area contributed by atoms with Crippen LogP contribution in [0.3, 0.4) is 0 Å². The lowest BCUT2D eigenvalue weighted by Crippen LogP contribution is -2.45. The largest absolute Gasteiger partial charge is 0.498 e. The van der Waals surface area contributed by atoms with E-state index < -0.39 is 23.7 Å². The van der Waals surface area contributed by atoms with Gasteiger partial charge in [-0.2, -0.15) is 0 Å². The van der Waals surface area contributed by atoms with E-state index in [-0.39, 0.29) is 6.42 Å². The summed E-state index contributed by atoms with van der Waals surface area (Å²) in [5.74, 6) is 0.133. The predicted molar refractivity (Wildman–Crippen MR) is 97.0 cm³/mol. The quantitative estimate of drug-likeness (QED) is 0.412. The number of ether oxygens (including phenoxy) is 4. The maximum absolute atomic E-state index is 11.9. The average Bonchev–Trinajstić information content (AvgIpc) is 2.57. The van der Waals surface area contributed by atoms with Crippen molar-refractivity contribution in [1.82, 2.24) is 5.32 Å². The van der Waals surface area contributed by atoms with Gasteiger partial charge in [0, 0.05) is 6.42 Å². The van der Waals surface area contributed by atoms with Gasteiger partial charge in [-0.05, 0) is 38.5 Å². The van der Waals surface area contributed by atoms with Crippen LogP contribution in [0.2, 0.25) is 0 Å². The fraction of sp³-hybridized carbons (Fsp3) is 0.474. The maximum atomic E-state index is 11.9. The van der Waals surface area contributed by atoms with Crippen LogP contribution in [0.4, 0.5) is 4.79 Å². The molecule has 0 spiro atoms. The van der Waals surface area contributed by atoms with Crippen LogP contribution in [0.25, 0.3) is 0 Å². The third-order valence-electron chi connectivity index (χ3n) is 3.13. The Morgan fingerprint density at radius 3 is 2.38 bits per heavy atom. The van der Waals surface area contributed by atoms with Gasteiger partial charge in [-0.15, -0.1) is 0 Å². The van der Waals surface area contributed by atoms with Crippen molar-refractivity contribution >= 4 is 12.1 Å². The zero-order valence-corrected chi connectivity index (χ0v) is 15.7. The van der Waals surface area contributed by atoms with E-state index in [1.807, 2.05) is 12.1 Å².